The lowest BCUT2D eigenvalue weighted by molar-refractivity contribution is 0.667. The summed E-state index contributed by atoms with van der Waals surface area (Å²) in [6.45, 7) is 0. The molecule has 150 valence electrons. The van der Waals surface area contributed by atoms with Gasteiger partial charge in [0.05, 0.1) is 5.52 Å². The quantitative estimate of drug-likeness (QED) is 0.291. The molecule has 0 atom stereocenters. The van der Waals surface area contributed by atoms with Crippen LogP contribution in [0.2, 0.25) is 0 Å². The van der Waals surface area contributed by atoms with Crippen molar-refractivity contribution in [2.24, 2.45) is 0 Å². The molecular weight excluding hydrogens is 374 g/mol. The Labute approximate surface area is 183 Å². The second-order valence-corrected chi connectivity index (χ2v) is 8.49. The fourth-order valence-corrected chi connectivity index (χ4v) is 5.13. The third-order valence-electron chi connectivity index (χ3n) is 6.57. The molecule has 1 aromatic heterocycles. The van der Waals surface area contributed by atoms with Crippen molar-refractivity contribution < 1.29 is 0 Å². The second kappa shape index (κ2) is 7.59. The van der Waals surface area contributed by atoms with Crippen molar-refractivity contribution in [1.82, 2.24) is 4.57 Å². The molecule has 1 aliphatic rings. The van der Waals surface area contributed by atoms with Crippen molar-refractivity contribution in [3.8, 4) is 27.9 Å². The van der Waals surface area contributed by atoms with Crippen molar-refractivity contribution in [2.45, 2.75) is 25.7 Å². The van der Waals surface area contributed by atoms with Gasteiger partial charge in [0.25, 0.3) is 0 Å². The number of benzene rings is 4. The molecule has 0 fully saturated rings. The van der Waals surface area contributed by atoms with E-state index in [-0.39, 0.29) is 0 Å². The maximum atomic E-state index is 2.53. The number of aryl methyl sites for hydroxylation is 1. The summed E-state index contributed by atoms with van der Waals surface area (Å²) < 4.78 is 2.53. The van der Waals surface area contributed by atoms with Crippen LogP contribution < -0.4 is 0 Å². The Morgan fingerprint density at radius 3 is 1.77 bits per heavy atom. The van der Waals surface area contributed by atoms with Crippen molar-refractivity contribution in [1.29, 1.82) is 0 Å². The number of hydrogen-bond acceptors (Lipinski definition) is 0. The molecule has 0 radical (unpaired) electrons. The van der Waals surface area contributed by atoms with Gasteiger partial charge in [-0.15, -0.1) is 0 Å². The molecule has 1 heterocycles. The van der Waals surface area contributed by atoms with Crippen LogP contribution in [0, 0.1) is 0 Å². The Bertz CT molecular complexity index is 1300. The van der Waals surface area contributed by atoms with Gasteiger partial charge in [-0.1, -0.05) is 78.9 Å². The van der Waals surface area contributed by atoms with Gasteiger partial charge in [0.2, 0.25) is 0 Å². The van der Waals surface area contributed by atoms with Crippen LogP contribution in [0.5, 0.6) is 0 Å². The van der Waals surface area contributed by atoms with E-state index in [0.717, 1.165) is 6.42 Å². The predicted molar refractivity (Wildman–Crippen MR) is 131 cm³/mol. The third kappa shape index (κ3) is 3.18. The van der Waals surface area contributed by atoms with Gasteiger partial charge in [0.15, 0.2) is 0 Å². The molecule has 0 saturated carbocycles. The summed E-state index contributed by atoms with van der Waals surface area (Å²) in [5.74, 6) is 0. The third-order valence-corrected chi connectivity index (χ3v) is 6.57. The zero-order valence-corrected chi connectivity index (χ0v) is 17.6. The normalized spacial score (nSPS) is 13.3. The van der Waals surface area contributed by atoms with Crippen LogP contribution in [0.3, 0.4) is 0 Å². The van der Waals surface area contributed by atoms with Crippen LogP contribution >= 0.6 is 0 Å². The zero-order valence-electron chi connectivity index (χ0n) is 17.6. The molecule has 0 aliphatic heterocycles. The Morgan fingerprint density at radius 1 is 0.516 bits per heavy atom. The molecule has 1 aliphatic carbocycles. The first kappa shape index (κ1) is 18.2. The van der Waals surface area contributed by atoms with Crippen LogP contribution in [-0.2, 0) is 12.8 Å². The van der Waals surface area contributed by atoms with Crippen LogP contribution in [0.25, 0.3) is 38.8 Å². The van der Waals surface area contributed by atoms with Crippen molar-refractivity contribution in [3.63, 3.8) is 0 Å². The van der Waals surface area contributed by atoms with E-state index >= 15 is 0 Å². The zero-order chi connectivity index (χ0) is 20.6. The average molecular weight is 400 g/mol. The lowest BCUT2D eigenvalue weighted by atomic mass is 9.95. The van der Waals surface area contributed by atoms with E-state index in [9.17, 15) is 0 Å². The van der Waals surface area contributed by atoms with Crippen LogP contribution in [0.4, 0.5) is 0 Å². The lowest BCUT2D eigenvalue weighted by Crippen LogP contribution is -2.07. The molecule has 0 saturated heterocycles. The van der Waals surface area contributed by atoms with Gasteiger partial charge in [-0.2, -0.15) is 0 Å². The number of nitrogens with zero attached hydrogens (tertiary/aromatic N) is 1. The fraction of sp³-hybridized carbons (Fsp3) is 0.133. The first-order valence-electron chi connectivity index (χ1n) is 11.3. The summed E-state index contributed by atoms with van der Waals surface area (Å²) in [4.78, 5) is 0. The SMILES string of the molecule is c1ccc(-c2cc(-c3ccccc3)cc(-n3c4c(c5ccccc53)CCCC4)c2)cc1. The molecule has 0 N–H and O–H groups in total. The largest absolute Gasteiger partial charge is 0.313 e. The lowest BCUT2D eigenvalue weighted by Gasteiger charge is -2.18. The van der Waals surface area contributed by atoms with Crippen molar-refractivity contribution in [2.75, 3.05) is 0 Å². The van der Waals surface area contributed by atoms with E-state index in [0.29, 0.717) is 0 Å². The fourth-order valence-electron chi connectivity index (χ4n) is 5.13. The molecule has 0 unspecified atom stereocenters. The standard InChI is InChI=1S/C30H25N/c1-3-11-22(12-4-1)24-19-25(23-13-5-2-6-14-23)21-26(20-24)31-29-17-9-7-15-27(29)28-16-8-10-18-30(28)31/h1-7,9,11-15,17,19-21H,8,10,16,18H2. The summed E-state index contributed by atoms with van der Waals surface area (Å²) in [5, 5.41) is 1.42. The highest BCUT2D eigenvalue weighted by atomic mass is 15.0. The second-order valence-electron chi connectivity index (χ2n) is 8.49. The van der Waals surface area contributed by atoms with Crippen molar-refractivity contribution in [3.05, 3.63) is 114 Å². The van der Waals surface area contributed by atoms with Gasteiger partial charge in [-0.3, -0.25) is 0 Å². The van der Waals surface area contributed by atoms with Crippen molar-refractivity contribution >= 4 is 10.9 Å². The summed E-state index contributed by atoms with van der Waals surface area (Å²) in [7, 11) is 0. The van der Waals surface area contributed by atoms with E-state index in [1.165, 1.54) is 63.8 Å². The molecule has 31 heavy (non-hydrogen) atoms. The monoisotopic (exact) mass is 399 g/mol. The van der Waals surface area contributed by atoms with Crippen LogP contribution in [0.15, 0.2) is 103 Å². The van der Waals surface area contributed by atoms with Gasteiger partial charge in [0.1, 0.15) is 0 Å². The summed E-state index contributed by atoms with van der Waals surface area (Å²) in [5.41, 5.74) is 10.7. The molecule has 4 aromatic carbocycles. The molecular formula is C30H25N. The Morgan fingerprint density at radius 2 is 1.10 bits per heavy atom. The minimum Gasteiger partial charge on any atom is -0.313 e. The number of fused-ring (bicyclic) bond motifs is 3. The number of aromatic nitrogens is 1. The average Bonchev–Trinajstić information content (AvgIpc) is 3.19. The van der Waals surface area contributed by atoms with E-state index < -0.39 is 0 Å². The molecule has 1 nitrogen and oxygen atoms in total. The molecule has 0 spiro atoms. The van der Waals surface area contributed by atoms with E-state index in [1.807, 2.05) is 0 Å². The van der Waals surface area contributed by atoms with Gasteiger partial charge < -0.3 is 4.57 Å². The number of para-hydroxylation sites is 1. The minimum absolute atomic E-state index is 1.15. The Hall–Kier alpha value is -3.58. The Kier molecular flexibility index (Phi) is 4.46. The van der Waals surface area contributed by atoms with E-state index in [2.05, 4.69) is 108 Å². The van der Waals surface area contributed by atoms with E-state index in [1.54, 1.807) is 5.56 Å². The summed E-state index contributed by atoms with van der Waals surface area (Å²) in [6.07, 6.45) is 4.90. The molecule has 0 amide bonds. The van der Waals surface area contributed by atoms with Gasteiger partial charge in [-0.05, 0) is 77.8 Å². The molecule has 6 rings (SSSR count). The highest BCUT2D eigenvalue weighted by Gasteiger charge is 2.21. The van der Waals surface area contributed by atoms with Gasteiger partial charge in [0, 0.05) is 16.8 Å². The smallest absolute Gasteiger partial charge is 0.0534 e. The highest BCUT2D eigenvalue weighted by Crippen LogP contribution is 2.37. The topological polar surface area (TPSA) is 4.93 Å². The Balaban J connectivity index is 1.65. The first-order valence-corrected chi connectivity index (χ1v) is 11.3. The van der Waals surface area contributed by atoms with Crippen LogP contribution in [-0.4, -0.2) is 4.57 Å². The predicted octanol–water partition coefficient (Wildman–Crippen LogP) is 7.84. The molecule has 5 aromatic rings. The first-order chi connectivity index (χ1) is 15.4. The van der Waals surface area contributed by atoms with Gasteiger partial charge in [-0.25, -0.2) is 0 Å². The molecule has 1 heteroatoms. The maximum Gasteiger partial charge on any atom is 0.0534 e. The number of hydrogen-bond donors (Lipinski definition) is 0. The molecule has 0 bridgehead atoms. The van der Waals surface area contributed by atoms with Crippen LogP contribution in [0.1, 0.15) is 24.1 Å². The minimum atomic E-state index is 1.15. The van der Waals surface area contributed by atoms with E-state index in [4.69, 9.17) is 0 Å². The maximum absolute atomic E-state index is 2.53. The summed E-state index contributed by atoms with van der Waals surface area (Å²) in [6, 6.07) is 37.5. The number of rotatable bonds is 3. The summed E-state index contributed by atoms with van der Waals surface area (Å²) >= 11 is 0. The highest BCUT2D eigenvalue weighted by molar-refractivity contribution is 5.88. The van der Waals surface area contributed by atoms with Gasteiger partial charge >= 0.3 is 0 Å².